The predicted molar refractivity (Wildman–Crippen MR) is 111 cm³/mol. The quantitative estimate of drug-likeness (QED) is 0.605. The maximum absolute atomic E-state index is 12.3. The molecule has 0 saturated heterocycles. The third-order valence-electron chi connectivity index (χ3n) is 4.24. The van der Waals surface area contributed by atoms with Gasteiger partial charge in [0.05, 0.1) is 26.0 Å². The van der Waals surface area contributed by atoms with Gasteiger partial charge in [0.1, 0.15) is 18.1 Å². The number of nitrogens with one attached hydrogen (secondary N) is 1. The van der Waals surface area contributed by atoms with E-state index < -0.39 is 18.2 Å². The van der Waals surface area contributed by atoms with Crippen LogP contribution in [0.3, 0.4) is 0 Å². The molecule has 30 heavy (non-hydrogen) atoms. The van der Waals surface area contributed by atoms with Crippen LogP contribution in [0.5, 0.6) is 11.5 Å². The Balaban J connectivity index is 2.04. The second kappa shape index (κ2) is 11.1. The van der Waals surface area contributed by atoms with Crippen molar-refractivity contribution in [2.75, 3.05) is 19.5 Å². The Hall–Kier alpha value is -3.26. The highest BCUT2D eigenvalue weighted by Gasteiger charge is 2.21. The van der Waals surface area contributed by atoms with Crippen LogP contribution in [0.1, 0.15) is 25.0 Å². The van der Waals surface area contributed by atoms with E-state index in [4.69, 9.17) is 18.9 Å². The van der Waals surface area contributed by atoms with Crippen molar-refractivity contribution in [2.24, 2.45) is 0 Å². The summed E-state index contributed by atoms with van der Waals surface area (Å²) in [6, 6.07) is 12.2. The molecule has 0 aliphatic rings. The zero-order chi connectivity index (χ0) is 22.1. The van der Waals surface area contributed by atoms with Crippen molar-refractivity contribution in [3.8, 4) is 11.5 Å². The number of carbonyl (C=O) groups excluding carboxylic acids is 1. The summed E-state index contributed by atoms with van der Waals surface area (Å²) < 4.78 is 21.2. The summed E-state index contributed by atoms with van der Waals surface area (Å²) >= 11 is 0. The largest absolute Gasteiger partial charge is 0.497 e. The van der Waals surface area contributed by atoms with Crippen LogP contribution in [-0.2, 0) is 27.3 Å². The number of carboxylic acids is 1. The van der Waals surface area contributed by atoms with Gasteiger partial charge in [0.2, 0.25) is 0 Å². The fraction of sp³-hybridized carbons (Fsp3) is 0.364. The summed E-state index contributed by atoms with van der Waals surface area (Å²) in [5.41, 5.74) is 1.88. The van der Waals surface area contributed by atoms with Crippen molar-refractivity contribution in [1.29, 1.82) is 0 Å². The van der Waals surface area contributed by atoms with Gasteiger partial charge in [0, 0.05) is 12.5 Å². The molecule has 8 heteroatoms. The van der Waals surface area contributed by atoms with Crippen LogP contribution in [-0.4, -0.2) is 43.6 Å². The van der Waals surface area contributed by atoms with Gasteiger partial charge in [-0.1, -0.05) is 24.3 Å². The Morgan fingerprint density at radius 1 is 1.03 bits per heavy atom. The summed E-state index contributed by atoms with van der Waals surface area (Å²) in [6.07, 6.45) is -1.70. The molecule has 1 amide bonds. The van der Waals surface area contributed by atoms with Gasteiger partial charge < -0.3 is 24.1 Å². The number of anilines is 1. The van der Waals surface area contributed by atoms with E-state index in [2.05, 4.69) is 5.32 Å². The van der Waals surface area contributed by atoms with Gasteiger partial charge in [-0.2, -0.15) is 0 Å². The molecule has 0 saturated carbocycles. The van der Waals surface area contributed by atoms with E-state index in [1.807, 2.05) is 0 Å². The maximum atomic E-state index is 12.3. The van der Waals surface area contributed by atoms with Crippen molar-refractivity contribution in [3.63, 3.8) is 0 Å². The number of methoxy groups -OCH3 is 2. The molecule has 0 aliphatic carbocycles. The molecule has 1 unspecified atom stereocenters. The number of rotatable bonds is 10. The molecule has 0 bridgehead atoms. The van der Waals surface area contributed by atoms with Crippen molar-refractivity contribution in [3.05, 3.63) is 53.6 Å². The third kappa shape index (κ3) is 6.66. The van der Waals surface area contributed by atoms with Gasteiger partial charge in [-0.25, -0.2) is 9.59 Å². The number of hydrogen-bond donors (Lipinski definition) is 2. The first kappa shape index (κ1) is 23.0. The van der Waals surface area contributed by atoms with E-state index in [9.17, 15) is 14.7 Å². The molecule has 1 atom stereocenters. The number of ether oxygens (including phenoxy) is 4. The lowest BCUT2D eigenvalue weighted by molar-refractivity contribution is -0.153. The van der Waals surface area contributed by atoms with Crippen LogP contribution in [0.2, 0.25) is 0 Å². The first-order valence-electron chi connectivity index (χ1n) is 9.44. The average Bonchev–Trinajstić information content (AvgIpc) is 2.72. The Labute approximate surface area is 175 Å². The lowest BCUT2D eigenvalue weighted by atomic mass is 10.0. The summed E-state index contributed by atoms with van der Waals surface area (Å²) in [7, 11) is 3.02. The fourth-order valence-corrected chi connectivity index (χ4v) is 2.81. The van der Waals surface area contributed by atoms with Gasteiger partial charge in [-0.05, 0) is 37.1 Å². The molecule has 0 spiro atoms. The number of hydrogen-bond acceptors (Lipinski definition) is 6. The van der Waals surface area contributed by atoms with E-state index in [0.29, 0.717) is 22.7 Å². The first-order chi connectivity index (χ1) is 14.3. The average molecular weight is 417 g/mol. The van der Waals surface area contributed by atoms with Crippen molar-refractivity contribution in [2.45, 2.75) is 39.1 Å². The molecule has 0 aliphatic heterocycles. The summed E-state index contributed by atoms with van der Waals surface area (Å²) in [5.74, 6) is -0.0121. The van der Waals surface area contributed by atoms with Crippen LogP contribution >= 0.6 is 0 Å². The minimum absolute atomic E-state index is 0.0194. The number of carboxylic acid groups (broad SMARTS) is 1. The highest BCUT2D eigenvalue weighted by Crippen LogP contribution is 2.29. The molecule has 2 rings (SSSR count). The van der Waals surface area contributed by atoms with Crippen LogP contribution in [0.15, 0.2) is 42.5 Å². The molecule has 0 aromatic heterocycles. The van der Waals surface area contributed by atoms with Crippen molar-refractivity contribution < 1.29 is 33.6 Å². The van der Waals surface area contributed by atoms with Gasteiger partial charge in [0.25, 0.3) is 0 Å². The van der Waals surface area contributed by atoms with Gasteiger partial charge in [-0.3, -0.25) is 5.32 Å². The Morgan fingerprint density at radius 2 is 1.73 bits per heavy atom. The highest BCUT2D eigenvalue weighted by atomic mass is 16.5. The Morgan fingerprint density at radius 3 is 2.33 bits per heavy atom. The molecule has 162 valence electrons. The SMILES string of the molecule is COc1ccc(NC(=O)OCc2ccccc2CC(OC(C)C)C(=O)O)c(OC)c1. The zero-order valence-corrected chi connectivity index (χ0v) is 17.5. The van der Waals surface area contributed by atoms with E-state index in [0.717, 1.165) is 5.56 Å². The highest BCUT2D eigenvalue weighted by molar-refractivity contribution is 5.87. The van der Waals surface area contributed by atoms with E-state index in [-0.39, 0.29) is 19.1 Å². The minimum atomic E-state index is -1.04. The predicted octanol–water partition coefficient (Wildman–Crippen LogP) is 3.87. The summed E-state index contributed by atoms with van der Waals surface area (Å²) in [6.45, 7) is 3.54. The molecular formula is C22H27NO7. The fourth-order valence-electron chi connectivity index (χ4n) is 2.81. The topological polar surface area (TPSA) is 103 Å². The maximum Gasteiger partial charge on any atom is 0.412 e. The molecule has 2 N–H and O–H groups in total. The molecule has 0 fully saturated rings. The molecular weight excluding hydrogens is 390 g/mol. The Bertz CT molecular complexity index is 866. The van der Waals surface area contributed by atoms with Gasteiger partial charge in [0.15, 0.2) is 6.10 Å². The van der Waals surface area contributed by atoms with Gasteiger partial charge in [-0.15, -0.1) is 0 Å². The van der Waals surface area contributed by atoms with Crippen LogP contribution in [0.25, 0.3) is 0 Å². The first-order valence-corrected chi connectivity index (χ1v) is 9.44. The van der Waals surface area contributed by atoms with Crippen LogP contribution in [0.4, 0.5) is 10.5 Å². The lowest BCUT2D eigenvalue weighted by Crippen LogP contribution is -2.29. The summed E-state index contributed by atoms with van der Waals surface area (Å²) in [5, 5.41) is 12.0. The zero-order valence-electron chi connectivity index (χ0n) is 17.5. The monoisotopic (exact) mass is 417 g/mol. The van der Waals surface area contributed by atoms with Crippen molar-refractivity contribution in [1.82, 2.24) is 0 Å². The number of benzene rings is 2. The van der Waals surface area contributed by atoms with Gasteiger partial charge >= 0.3 is 12.1 Å². The molecule has 0 radical (unpaired) electrons. The number of carbonyl (C=O) groups is 2. The van der Waals surface area contributed by atoms with E-state index >= 15 is 0 Å². The third-order valence-corrected chi connectivity index (χ3v) is 4.24. The van der Waals surface area contributed by atoms with E-state index in [1.54, 1.807) is 56.3 Å². The normalized spacial score (nSPS) is 11.6. The number of aliphatic carboxylic acids is 1. The lowest BCUT2D eigenvalue weighted by Gasteiger charge is -2.18. The minimum Gasteiger partial charge on any atom is -0.497 e. The van der Waals surface area contributed by atoms with Crippen LogP contribution < -0.4 is 14.8 Å². The molecule has 2 aromatic rings. The number of amides is 1. The molecule has 0 heterocycles. The van der Waals surface area contributed by atoms with E-state index in [1.165, 1.54) is 14.2 Å². The summed E-state index contributed by atoms with van der Waals surface area (Å²) in [4.78, 5) is 23.7. The molecule has 8 nitrogen and oxygen atoms in total. The second-order valence-corrected chi connectivity index (χ2v) is 6.75. The second-order valence-electron chi connectivity index (χ2n) is 6.75. The molecule has 2 aromatic carbocycles. The van der Waals surface area contributed by atoms with Crippen molar-refractivity contribution >= 4 is 17.7 Å². The smallest absolute Gasteiger partial charge is 0.412 e. The van der Waals surface area contributed by atoms with Crippen LogP contribution in [0, 0.1) is 0 Å². The Kier molecular flexibility index (Phi) is 8.49. The standard InChI is InChI=1S/C22H27NO7/c1-14(2)30-20(21(24)25)11-15-7-5-6-8-16(15)13-29-22(26)23-18-10-9-17(27-3)12-19(18)28-4/h5-10,12,14,20H,11,13H2,1-4H3,(H,23,26)(H,24,25).